The van der Waals surface area contributed by atoms with Gasteiger partial charge in [0.15, 0.2) is 5.76 Å². The fourth-order valence-electron chi connectivity index (χ4n) is 4.00. The number of benzene rings is 2. The largest absolute Gasteiger partial charge is 0.459 e. The Morgan fingerprint density at radius 2 is 1.94 bits per heavy atom. The van der Waals surface area contributed by atoms with Gasteiger partial charge in [0, 0.05) is 30.8 Å². The van der Waals surface area contributed by atoms with Gasteiger partial charge in [-0.05, 0) is 48.7 Å². The number of furan rings is 1. The normalized spacial score (nSPS) is 16.0. The maximum atomic E-state index is 12.9. The average Bonchev–Trinajstić information content (AvgIpc) is 3.36. The molecule has 2 amide bonds. The maximum Gasteiger partial charge on any atom is 0.387 e. The number of alkyl halides is 2. The van der Waals surface area contributed by atoms with E-state index in [0.29, 0.717) is 37.1 Å². The van der Waals surface area contributed by atoms with Crippen LogP contribution in [0.5, 0.6) is 5.75 Å². The number of likely N-dealkylation sites (tertiary alicyclic amines) is 1. The van der Waals surface area contributed by atoms with Crippen LogP contribution in [0.3, 0.4) is 0 Å². The molecule has 33 heavy (non-hydrogen) atoms. The molecular formula is C25H24F2N2O4. The van der Waals surface area contributed by atoms with Crippen molar-refractivity contribution in [3.63, 3.8) is 0 Å². The molecule has 8 heteroatoms. The molecule has 6 nitrogen and oxygen atoms in total. The minimum absolute atomic E-state index is 0.0692. The molecule has 1 aromatic heterocycles. The summed E-state index contributed by atoms with van der Waals surface area (Å²) in [5.74, 6) is -0.528. The Hall–Kier alpha value is -3.68. The molecule has 4 rings (SSSR count). The summed E-state index contributed by atoms with van der Waals surface area (Å²) in [5, 5.41) is 2.87. The van der Waals surface area contributed by atoms with Gasteiger partial charge in [0.25, 0.3) is 5.91 Å². The Morgan fingerprint density at radius 3 is 2.67 bits per heavy atom. The molecule has 1 aliphatic heterocycles. The number of ether oxygens (including phenoxy) is 1. The van der Waals surface area contributed by atoms with Gasteiger partial charge in [0.2, 0.25) is 5.91 Å². The molecule has 172 valence electrons. The van der Waals surface area contributed by atoms with Crippen LogP contribution in [-0.2, 0) is 11.2 Å². The molecule has 0 bridgehead atoms. The minimum atomic E-state index is -2.94. The predicted molar refractivity (Wildman–Crippen MR) is 118 cm³/mol. The predicted octanol–water partition coefficient (Wildman–Crippen LogP) is 4.96. The van der Waals surface area contributed by atoms with Crippen molar-refractivity contribution in [2.75, 3.05) is 18.4 Å². The van der Waals surface area contributed by atoms with E-state index in [-0.39, 0.29) is 35.8 Å². The Kier molecular flexibility index (Phi) is 7.02. The fourth-order valence-corrected chi connectivity index (χ4v) is 4.00. The Bertz CT molecular complexity index is 1090. The summed E-state index contributed by atoms with van der Waals surface area (Å²) in [6.45, 7) is -2.10. The van der Waals surface area contributed by atoms with Crippen LogP contribution >= 0.6 is 0 Å². The molecule has 1 unspecified atom stereocenters. The van der Waals surface area contributed by atoms with E-state index in [4.69, 9.17) is 4.42 Å². The number of carbonyl (C=O) groups excluding carboxylic acids is 2. The van der Waals surface area contributed by atoms with Crippen molar-refractivity contribution in [2.24, 2.45) is 5.92 Å². The van der Waals surface area contributed by atoms with Crippen LogP contribution in [0.2, 0.25) is 0 Å². The quantitative estimate of drug-likeness (QED) is 0.548. The van der Waals surface area contributed by atoms with Crippen LogP contribution < -0.4 is 10.1 Å². The zero-order valence-electron chi connectivity index (χ0n) is 17.9. The van der Waals surface area contributed by atoms with Crippen molar-refractivity contribution in [3.05, 3.63) is 83.8 Å². The molecule has 1 fully saturated rings. The topological polar surface area (TPSA) is 71.8 Å². The lowest BCUT2D eigenvalue weighted by molar-refractivity contribution is -0.121. The van der Waals surface area contributed by atoms with Gasteiger partial charge in [-0.2, -0.15) is 8.78 Å². The minimum Gasteiger partial charge on any atom is -0.459 e. The summed E-state index contributed by atoms with van der Waals surface area (Å²) in [5.41, 5.74) is 1.96. The second-order valence-corrected chi connectivity index (χ2v) is 7.92. The SMILES string of the molecule is O=C(Nc1ccc(OC(F)F)c(Cc2ccccc2)c1)C1CCCN(C(=O)c2ccco2)C1. The van der Waals surface area contributed by atoms with Crippen molar-refractivity contribution < 1.29 is 27.5 Å². The zero-order valence-corrected chi connectivity index (χ0v) is 17.9. The van der Waals surface area contributed by atoms with E-state index >= 15 is 0 Å². The highest BCUT2D eigenvalue weighted by atomic mass is 19.3. The highest BCUT2D eigenvalue weighted by Crippen LogP contribution is 2.28. The van der Waals surface area contributed by atoms with Gasteiger partial charge >= 0.3 is 6.61 Å². The molecule has 1 aliphatic rings. The first-order valence-electron chi connectivity index (χ1n) is 10.7. The van der Waals surface area contributed by atoms with Crippen LogP contribution in [0.1, 0.15) is 34.5 Å². The van der Waals surface area contributed by atoms with Gasteiger partial charge in [0.1, 0.15) is 5.75 Å². The van der Waals surface area contributed by atoms with Crippen molar-refractivity contribution in [1.29, 1.82) is 0 Å². The average molecular weight is 454 g/mol. The van der Waals surface area contributed by atoms with Gasteiger partial charge in [0.05, 0.1) is 12.2 Å². The zero-order chi connectivity index (χ0) is 23.2. The lowest BCUT2D eigenvalue weighted by Gasteiger charge is -2.31. The smallest absolute Gasteiger partial charge is 0.387 e. The number of piperidine rings is 1. The third kappa shape index (κ3) is 5.77. The monoisotopic (exact) mass is 454 g/mol. The van der Waals surface area contributed by atoms with Gasteiger partial charge in [-0.1, -0.05) is 30.3 Å². The number of carbonyl (C=O) groups is 2. The van der Waals surface area contributed by atoms with Crippen LogP contribution in [0, 0.1) is 5.92 Å². The van der Waals surface area contributed by atoms with Crippen LogP contribution in [0.4, 0.5) is 14.5 Å². The van der Waals surface area contributed by atoms with Gasteiger partial charge in [-0.3, -0.25) is 9.59 Å². The number of nitrogens with one attached hydrogen (secondary N) is 1. The maximum absolute atomic E-state index is 12.9. The van der Waals surface area contributed by atoms with Gasteiger partial charge in [-0.15, -0.1) is 0 Å². The number of anilines is 1. The highest BCUT2D eigenvalue weighted by Gasteiger charge is 2.30. The number of halogens is 2. The summed E-state index contributed by atoms with van der Waals surface area (Å²) in [6.07, 6.45) is 3.17. The van der Waals surface area contributed by atoms with E-state index in [1.807, 2.05) is 30.3 Å². The molecule has 0 saturated carbocycles. The third-order valence-electron chi connectivity index (χ3n) is 5.59. The molecule has 0 aliphatic carbocycles. The summed E-state index contributed by atoms with van der Waals surface area (Å²) < 4.78 is 35.6. The summed E-state index contributed by atoms with van der Waals surface area (Å²) in [6, 6.07) is 17.3. The molecule has 1 N–H and O–H groups in total. The summed E-state index contributed by atoms with van der Waals surface area (Å²) in [7, 11) is 0. The van der Waals surface area contributed by atoms with Gasteiger partial charge in [-0.25, -0.2) is 0 Å². The number of hydrogen-bond acceptors (Lipinski definition) is 4. The van der Waals surface area contributed by atoms with Crippen LogP contribution in [0.15, 0.2) is 71.3 Å². The summed E-state index contributed by atoms with van der Waals surface area (Å²) in [4.78, 5) is 27.1. The lowest BCUT2D eigenvalue weighted by Crippen LogP contribution is -2.43. The van der Waals surface area contributed by atoms with E-state index in [2.05, 4.69) is 10.1 Å². The van der Waals surface area contributed by atoms with E-state index < -0.39 is 6.61 Å². The number of amides is 2. The summed E-state index contributed by atoms with van der Waals surface area (Å²) >= 11 is 0. The van der Waals surface area contributed by atoms with Crippen molar-refractivity contribution in [2.45, 2.75) is 25.9 Å². The number of nitrogens with zero attached hydrogens (tertiary/aromatic N) is 1. The molecule has 1 saturated heterocycles. The van der Waals surface area contributed by atoms with E-state index in [0.717, 1.165) is 5.56 Å². The molecule has 3 aromatic rings. The Balaban J connectivity index is 1.46. The standard InChI is InChI=1S/C25H24F2N2O4/c26-25(27)33-21-11-10-20(15-19(21)14-17-6-2-1-3-7-17)28-23(30)18-8-4-12-29(16-18)24(31)22-9-5-13-32-22/h1-3,5-7,9-11,13,15,18,25H,4,8,12,14,16H2,(H,28,30). The van der Waals surface area contributed by atoms with Crippen molar-refractivity contribution in [3.8, 4) is 5.75 Å². The van der Waals surface area contributed by atoms with E-state index in [1.165, 1.54) is 12.3 Å². The fraction of sp³-hybridized carbons (Fsp3) is 0.280. The van der Waals surface area contributed by atoms with E-state index in [1.54, 1.807) is 29.2 Å². The molecule has 2 heterocycles. The Labute approximate surface area is 190 Å². The first-order valence-corrected chi connectivity index (χ1v) is 10.7. The molecule has 0 spiro atoms. The van der Waals surface area contributed by atoms with Crippen molar-refractivity contribution in [1.82, 2.24) is 4.90 Å². The highest BCUT2D eigenvalue weighted by molar-refractivity contribution is 5.95. The molecule has 0 radical (unpaired) electrons. The first kappa shape index (κ1) is 22.5. The Morgan fingerprint density at radius 1 is 1.12 bits per heavy atom. The number of hydrogen-bond donors (Lipinski definition) is 1. The molecule has 1 atom stereocenters. The van der Waals surface area contributed by atoms with Crippen LogP contribution in [-0.4, -0.2) is 36.4 Å². The second kappa shape index (κ2) is 10.3. The van der Waals surface area contributed by atoms with Crippen LogP contribution in [0.25, 0.3) is 0 Å². The second-order valence-electron chi connectivity index (χ2n) is 7.92. The molecule has 2 aromatic carbocycles. The first-order chi connectivity index (χ1) is 16.0. The third-order valence-corrected chi connectivity index (χ3v) is 5.59. The van der Waals surface area contributed by atoms with E-state index in [9.17, 15) is 18.4 Å². The van der Waals surface area contributed by atoms with Gasteiger partial charge < -0.3 is 19.4 Å². The number of rotatable bonds is 7. The lowest BCUT2D eigenvalue weighted by atomic mass is 9.96. The van der Waals surface area contributed by atoms with Crippen molar-refractivity contribution >= 4 is 17.5 Å². The molecular weight excluding hydrogens is 430 g/mol.